The molecule has 0 spiro atoms. The monoisotopic (exact) mass is 650 g/mol. The van der Waals surface area contributed by atoms with Crippen LogP contribution in [0.4, 0.5) is 5.69 Å². The van der Waals surface area contributed by atoms with Gasteiger partial charge in [0.2, 0.25) is 0 Å². The van der Waals surface area contributed by atoms with Crippen molar-refractivity contribution >= 4 is 58.0 Å². The van der Waals surface area contributed by atoms with Crippen LogP contribution < -0.4 is 14.8 Å². The Kier molecular flexibility index (Phi) is 10.2. The molecule has 2 aliphatic rings. The summed E-state index contributed by atoms with van der Waals surface area (Å²) in [5.41, 5.74) is 1.65. The number of hydrogen-bond donors (Lipinski definition) is 1. The van der Waals surface area contributed by atoms with Crippen molar-refractivity contribution in [2.24, 2.45) is 5.92 Å². The van der Waals surface area contributed by atoms with Crippen LogP contribution >= 0.6 is 34.4 Å². The standard InChI is InChI=1S/C29H35IN2O5S/c1-4-35-24-16-20(15-22(30)27(24)37-18-26(33)36-5-2)17-25-28(34)32(23-14-10-9-11-19(23)3)29(38-25)31-21-12-7-6-8-13-21/h6-8,12-13,15-17,19,23,29,31H,4-5,9-11,14,18H2,1-3H3/b25-17-/t19-,23+,29?/m1/s1. The van der Waals surface area contributed by atoms with E-state index in [1.165, 1.54) is 6.42 Å². The summed E-state index contributed by atoms with van der Waals surface area (Å²) in [6.07, 6.45) is 6.45. The van der Waals surface area contributed by atoms with E-state index in [4.69, 9.17) is 14.2 Å². The molecule has 0 radical (unpaired) electrons. The molecule has 204 valence electrons. The third-order valence-corrected chi connectivity index (χ3v) is 8.61. The van der Waals surface area contributed by atoms with E-state index in [1.807, 2.05) is 55.5 Å². The smallest absolute Gasteiger partial charge is 0.344 e. The van der Waals surface area contributed by atoms with Gasteiger partial charge in [0.1, 0.15) is 0 Å². The van der Waals surface area contributed by atoms with E-state index in [2.05, 4.69) is 39.7 Å². The maximum absolute atomic E-state index is 13.8. The molecule has 38 heavy (non-hydrogen) atoms. The maximum atomic E-state index is 13.8. The number of thioether (sulfide) groups is 1. The van der Waals surface area contributed by atoms with Gasteiger partial charge in [0.25, 0.3) is 5.91 Å². The first-order valence-electron chi connectivity index (χ1n) is 13.2. The van der Waals surface area contributed by atoms with Gasteiger partial charge >= 0.3 is 5.97 Å². The number of hydrogen-bond acceptors (Lipinski definition) is 7. The number of halogens is 1. The van der Waals surface area contributed by atoms with E-state index < -0.39 is 5.97 Å². The Morgan fingerprint density at radius 2 is 1.89 bits per heavy atom. The molecule has 1 aliphatic carbocycles. The number of carbonyl (C=O) groups excluding carboxylic acids is 2. The van der Waals surface area contributed by atoms with Crippen molar-refractivity contribution in [2.45, 2.75) is 58.0 Å². The number of benzene rings is 2. The summed E-state index contributed by atoms with van der Waals surface area (Å²) >= 11 is 3.72. The lowest BCUT2D eigenvalue weighted by Gasteiger charge is -2.39. The summed E-state index contributed by atoms with van der Waals surface area (Å²) in [5, 5.41) is 3.58. The lowest BCUT2D eigenvalue weighted by atomic mass is 9.85. The Hall–Kier alpha value is -2.40. The van der Waals surface area contributed by atoms with Gasteiger partial charge < -0.3 is 24.4 Å². The van der Waals surface area contributed by atoms with Crippen LogP contribution in [0.3, 0.4) is 0 Å². The zero-order valence-electron chi connectivity index (χ0n) is 22.1. The molecular weight excluding hydrogens is 615 g/mol. The van der Waals surface area contributed by atoms with Crippen molar-refractivity contribution in [3.8, 4) is 11.5 Å². The van der Waals surface area contributed by atoms with E-state index in [0.717, 1.165) is 34.1 Å². The second-order valence-corrected chi connectivity index (χ2v) is 11.7. The van der Waals surface area contributed by atoms with Crippen LogP contribution in [-0.4, -0.2) is 48.1 Å². The highest BCUT2D eigenvalue weighted by Crippen LogP contribution is 2.43. The number of amides is 1. The van der Waals surface area contributed by atoms with Crippen LogP contribution in [-0.2, 0) is 14.3 Å². The third kappa shape index (κ3) is 6.97. The Bertz CT molecular complexity index is 1160. The molecule has 2 aromatic rings. The molecule has 1 heterocycles. The number of esters is 1. The SMILES string of the molecule is CCOC(=O)COc1c(I)cc(/C=C2\SC(Nc3ccccc3)N([C@H]3CCCC[C@H]3C)C2=O)cc1OCC. The van der Waals surface area contributed by atoms with Crippen molar-refractivity contribution in [1.29, 1.82) is 0 Å². The topological polar surface area (TPSA) is 77.1 Å². The average molecular weight is 651 g/mol. The lowest BCUT2D eigenvalue weighted by molar-refractivity contribution is -0.145. The van der Waals surface area contributed by atoms with Gasteiger partial charge in [-0.05, 0) is 91.1 Å². The van der Waals surface area contributed by atoms with Crippen LogP contribution in [0.1, 0.15) is 52.0 Å². The number of nitrogens with zero attached hydrogens (tertiary/aromatic N) is 1. The van der Waals surface area contributed by atoms with E-state index in [9.17, 15) is 9.59 Å². The minimum Gasteiger partial charge on any atom is -0.490 e. The number of nitrogens with one attached hydrogen (secondary N) is 1. The highest BCUT2D eigenvalue weighted by molar-refractivity contribution is 14.1. The lowest BCUT2D eigenvalue weighted by Crippen LogP contribution is -2.48. The van der Waals surface area contributed by atoms with Crippen LogP contribution in [0, 0.1) is 9.49 Å². The number of rotatable bonds is 10. The molecule has 1 saturated carbocycles. The normalized spacial score (nSPS) is 22.4. The predicted octanol–water partition coefficient (Wildman–Crippen LogP) is 6.52. The first kappa shape index (κ1) is 28.6. The Labute approximate surface area is 242 Å². The van der Waals surface area contributed by atoms with Gasteiger partial charge in [0, 0.05) is 11.7 Å². The first-order chi connectivity index (χ1) is 18.4. The second kappa shape index (κ2) is 13.6. The Morgan fingerprint density at radius 1 is 1.13 bits per heavy atom. The zero-order valence-corrected chi connectivity index (χ0v) is 25.0. The summed E-state index contributed by atoms with van der Waals surface area (Å²) in [7, 11) is 0. The molecule has 9 heteroatoms. The molecule has 0 aromatic heterocycles. The summed E-state index contributed by atoms with van der Waals surface area (Å²) in [6.45, 7) is 6.46. The van der Waals surface area contributed by atoms with Gasteiger partial charge in [-0.25, -0.2) is 4.79 Å². The third-order valence-electron chi connectivity index (χ3n) is 6.69. The number of carbonyl (C=O) groups is 2. The zero-order chi connectivity index (χ0) is 27.1. The van der Waals surface area contributed by atoms with Gasteiger partial charge in [-0.2, -0.15) is 0 Å². The van der Waals surface area contributed by atoms with Crippen molar-refractivity contribution in [1.82, 2.24) is 4.90 Å². The predicted molar refractivity (Wildman–Crippen MR) is 160 cm³/mol. The minimum atomic E-state index is -0.432. The molecule has 7 nitrogen and oxygen atoms in total. The van der Waals surface area contributed by atoms with Crippen LogP contribution in [0.15, 0.2) is 47.4 Å². The van der Waals surface area contributed by atoms with Gasteiger partial charge in [-0.15, -0.1) is 0 Å². The molecule has 1 saturated heterocycles. The fourth-order valence-corrected chi connectivity index (χ4v) is 6.92. The second-order valence-electron chi connectivity index (χ2n) is 9.39. The fraction of sp³-hybridized carbons (Fsp3) is 0.448. The summed E-state index contributed by atoms with van der Waals surface area (Å²) in [5.74, 6) is 1.10. The van der Waals surface area contributed by atoms with E-state index >= 15 is 0 Å². The van der Waals surface area contributed by atoms with Crippen LogP contribution in [0.5, 0.6) is 11.5 Å². The van der Waals surface area contributed by atoms with E-state index in [-0.39, 0.29) is 24.1 Å². The van der Waals surface area contributed by atoms with E-state index in [0.29, 0.717) is 35.5 Å². The highest BCUT2D eigenvalue weighted by Gasteiger charge is 2.43. The van der Waals surface area contributed by atoms with Crippen molar-refractivity contribution < 1.29 is 23.8 Å². The molecular formula is C29H35IN2O5S. The molecule has 1 amide bonds. The van der Waals surface area contributed by atoms with Gasteiger partial charge in [0.05, 0.1) is 21.7 Å². The summed E-state index contributed by atoms with van der Waals surface area (Å²) < 4.78 is 17.4. The van der Waals surface area contributed by atoms with E-state index in [1.54, 1.807) is 18.7 Å². The first-order valence-corrected chi connectivity index (χ1v) is 15.1. The number of anilines is 1. The molecule has 2 fully saturated rings. The Balaban J connectivity index is 1.62. The van der Waals surface area contributed by atoms with Gasteiger partial charge in [-0.3, -0.25) is 4.79 Å². The van der Waals surface area contributed by atoms with Gasteiger partial charge in [-0.1, -0.05) is 49.7 Å². The maximum Gasteiger partial charge on any atom is 0.344 e. The largest absolute Gasteiger partial charge is 0.490 e. The van der Waals surface area contributed by atoms with Crippen LogP contribution in [0.25, 0.3) is 6.08 Å². The average Bonchev–Trinajstić information content (AvgIpc) is 3.18. The quantitative estimate of drug-likeness (QED) is 0.178. The molecule has 1 aliphatic heterocycles. The number of para-hydroxylation sites is 1. The molecule has 1 N–H and O–H groups in total. The summed E-state index contributed by atoms with van der Waals surface area (Å²) in [4.78, 5) is 28.4. The molecule has 0 bridgehead atoms. The van der Waals surface area contributed by atoms with Gasteiger partial charge in [0.15, 0.2) is 23.6 Å². The molecule has 1 unspecified atom stereocenters. The highest BCUT2D eigenvalue weighted by atomic mass is 127. The molecule has 2 aromatic carbocycles. The number of ether oxygens (including phenoxy) is 3. The molecule has 4 rings (SSSR count). The minimum absolute atomic E-state index is 0.0535. The fourth-order valence-electron chi connectivity index (χ4n) is 4.93. The van der Waals surface area contributed by atoms with Crippen molar-refractivity contribution in [2.75, 3.05) is 25.1 Å². The summed E-state index contributed by atoms with van der Waals surface area (Å²) in [6, 6.07) is 14.0. The molecule has 3 atom stereocenters. The van der Waals surface area contributed by atoms with Crippen molar-refractivity contribution in [3.05, 3.63) is 56.5 Å². The van der Waals surface area contributed by atoms with Crippen LogP contribution in [0.2, 0.25) is 0 Å². The Morgan fingerprint density at radius 3 is 2.61 bits per heavy atom. The van der Waals surface area contributed by atoms with Crippen molar-refractivity contribution in [3.63, 3.8) is 0 Å².